The summed E-state index contributed by atoms with van der Waals surface area (Å²) in [6, 6.07) is 3.93. The van der Waals surface area contributed by atoms with E-state index in [-0.39, 0.29) is 18.8 Å². The Morgan fingerprint density at radius 1 is 1.39 bits per heavy atom. The number of rotatable bonds is 6. The molecule has 1 heterocycles. The maximum atomic E-state index is 12.7. The third-order valence-electron chi connectivity index (χ3n) is 1.95. The second-order valence-corrected chi connectivity index (χ2v) is 5.45. The SMILES string of the molecule is CS(=O)(=O)NCCCNC(=O)c1cccc(F)n1. The van der Waals surface area contributed by atoms with Gasteiger partial charge in [0.2, 0.25) is 16.0 Å². The van der Waals surface area contributed by atoms with Crippen molar-refractivity contribution in [3.63, 3.8) is 0 Å². The zero-order chi connectivity index (χ0) is 13.6. The lowest BCUT2D eigenvalue weighted by molar-refractivity contribution is 0.0947. The second-order valence-electron chi connectivity index (χ2n) is 3.62. The van der Waals surface area contributed by atoms with E-state index in [4.69, 9.17) is 0 Å². The van der Waals surface area contributed by atoms with Crippen LogP contribution >= 0.6 is 0 Å². The van der Waals surface area contributed by atoms with Crippen molar-refractivity contribution >= 4 is 15.9 Å². The van der Waals surface area contributed by atoms with E-state index in [0.717, 1.165) is 12.3 Å². The van der Waals surface area contributed by atoms with Crippen molar-refractivity contribution in [3.05, 3.63) is 29.8 Å². The van der Waals surface area contributed by atoms with E-state index in [0.29, 0.717) is 6.42 Å². The summed E-state index contributed by atoms with van der Waals surface area (Å²) in [6.07, 6.45) is 1.50. The summed E-state index contributed by atoms with van der Waals surface area (Å²) >= 11 is 0. The summed E-state index contributed by atoms with van der Waals surface area (Å²) in [7, 11) is -3.21. The molecule has 18 heavy (non-hydrogen) atoms. The number of sulfonamides is 1. The number of aromatic nitrogens is 1. The van der Waals surface area contributed by atoms with Crippen molar-refractivity contribution in [2.45, 2.75) is 6.42 Å². The highest BCUT2D eigenvalue weighted by Crippen LogP contribution is 1.97. The number of nitrogens with zero attached hydrogens (tertiary/aromatic N) is 1. The first-order valence-electron chi connectivity index (χ1n) is 5.24. The summed E-state index contributed by atoms with van der Waals surface area (Å²) in [4.78, 5) is 14.9. The van der Waals surface area contributed by atoms with Crippen molar-refractivity contribution in [2.75, 3.05) is 19.3 Å². The van der Waals surface area contributed by atoms with Gasteiger partial charge < -0.3 is 5.32 Å². The Morgan fingerprint density at radius 2 is 2.11 bits per heavy atom. The Kier molecular flexibility index (Phi) is 5.17. The molecular formula is C10H14FN3O3S. The van der Waals surface area contributed by atoms with Crippen LogP contribution in [-0.4, -0.2) is 38.7 Å². The summed E-state index contributed by atoms with van der Waals surface area (Å²) < 4.78 is 36.5. The molecule has 0 aliphatic rings. The lowest BCUT2D eigenvalue weighted by atomic mass is 10.3. The van der Waals surface area contributed by atoms with Crippen LogP contribution in [0, 0.1) is 5.95 Å². The first kappa shape index (κ1) is 14.5. The molecule has 100 valence electrons. The Hall–Kier alpha value is -1.54. The number of hydrogen-bond acceptors (Lipinski definition) is 4. The molecule has 0 atom stereocenters. The zero-order valence-electron chi connectivity index (χ0n) is 9.81. The number of halogens is 1. The molecule has 0 saturated carbocycles. The van der Waals surface area contributed by atoms with Crippen LogP contribution in [0.1, 0.15) is 16.9 Å². The van der Waals surface area contributed by atoms with Crippen LogP contribution in [0.3, 0.4) is 0 Å². The Morgan fingerprint density at radius 3 is 2.72 bits per heavy atom. The van der Waals surface area contributed by atoms with Crippen molar-refractivity contribution < 1.29 is 17.6 Å². The van der Waals surface area contributed by atoms with Crippen LogP contribution in [-0.2, 0) is 10.0 Å². The maximum Gasteiger partial charge on any atom is 0.269 e. The fraction of sp³-hybridized carbons (Fsp3) is 0.400. The second kappa shape index (κ2) is 6.41. The number of amides is 1. The highest BCUT2D eigenvalue weighted by molar-refractivity contribution is 7.88. The van der Waals surface area contributed by atoms with Crippen molar-refractivity contribution in [3.8, 4) is 0 Å². The first-order chi connectivity index (χ1) is 8.38. The van der Waals surface area contributed by atoms with Crippen molar-refractivity contribution in [1.82, 2.24) is 15.0 Å². The van der Waals surface area contributed by atoms with Gasteiger partial charge in [0.15, 0.2) is 0 Å². The molecule has 1 aromatic heterocycles. The molecule has 0 fully saturated rings. The molecule has 1 aromatic rings. The van der Waals surface area contributed by atoms with Gasteiger partial charge in [-0.05, 0) is 18.6 Å². The smallest absolute Gasteiger partial charge is 0.269 e. The van der Waals surface area contributed by atoms with Crippen molar-refractivity contribution in [1.29, 1.82) is 0 Å². The van der Waals surface area contributed by atoms with Gasteiger partial charge in [0.25, 0.3) is 5.91 Å². The van der Waals surface area contributed by atoms with Crippen LogP contribution in [0.2, 0.25) is 0 Å². The van der Waals surface area contributed by atoms with Gasteiger partial charge in [0, 0.05) is 13.1 Å². The van der Waals surface area contributed by atoms with Gasteiger partial charge in [-0.1, -0.05) is 6.07 Å². The van der Waals surface area contributed by atoms with E-state index in [9.17, 15) is 17.6 Å². The lowest BCUT2D eigenvalue weighted by Crippen LogP contribution is -2.29. The molecular weight excluding hydrogens is 261 g/mol. The third-order valence-corrected chi connectivity index (χ3v) is 2.68. The Balaban J connectivity index is 2.30. The average molecular weight is 275 g/mol. The van der Waals surface area contributed by atoms with Crippen molar-refractivity contribution in [2.24, 2.45) is 0 Å². The maximum absolute atomic E-state index is 12.7. The van der Waals surface area contributed by atoms with Crippen LogP contribution < -0.4 is 10.0 Å². The number of nitrogens with one attached hydrogen (secondary N) is 2. The van der Waals surface area contributed by atoms with Gasteiger partial charge in [0.05, 0.1) is 6.26 Å². The average Bonchev–Trinajstić information content (AvgIpc) is 2.26. The van der Waals surface area contributed by atoms with Gasteiger partial charge in [-0.3, -0.25) is 4.79 Å². The molecule has 0 bridgehead atoms. The molecule has 6 nitrogen and oxygen atoms in total. The van der Waals surface area contributed by atoms with E-state index in [1.807, 2.05) is 0 Å². The monoisotopic (exact) mass is 275 g/mol. The predicted molar refractivity (Wildman–Crippen MR) is 64.0 cm³/mol. The van der Waals surface area contributed by atoms with E-state index in [1.54, 1.807) is 0 Å². The predicted octanol–water partition coefficient (Wildman–Crippen LogP) is -0.110. The topological polar surface area (TPSA) is 88.2 Å². The van der Waals surface area contributed by atoms with Gasteiger partial charge in [-0.25, -0.2) is 18.1 Å². The van der Waals surface area contributed by atoms with E-state index in [1.165, 1.54) is 12.1 Å². The molecule has 2 N–H and O–H groups in total. The van der Waals surface area contributed by atoms with Crippen LogP contribution in [0.25, 0.3) is 0 Å². The summed E-state index contributed by atoms with van der Waals surface area (Å²) in [5, 5.41) is 2.51. The number of pyridine rings is 1. The summed E-state index contributed by atoms with van der Waals surface area (Å²) in [5.41, 5.74) is -0.00827. The molecule has 1 rings (SSSR count). The van der Waals surface area contributed by atoms with Gasteiger partial charge in [-0.2, -0.15) is 4.39 Å². The number of carbonyl (C=O) groups is 1. The molecule has 0 unspecified atom stereocenters. The Bertz CT molecular complexity index is 519. The number of carbonyl (C=O) groups excluding carboxylic acids is 1. The van der Waals surface area contributed by atoms with Gasteiger partial charge in [0.1, 0.15) is 5.69 Å². The minimum absolute atomic E-state index is 0.00827. The van der Waals surface area contributed by atoms with E-state index in [2.05, 4.69) is 15.0 Å². The zero-order valence-corrected chi connectivity index (χ0v) is 10.6. The fourth-order valence-electron chi connectivity index (χ4n) is 1.17. The van der Waals surface area contributed by atoms with Crippen LogP contribution in [0.15, 0.2) is 18.2 Å². The fourth-order valence-corrected chi connectivity index (χ4v) is 1.69. The standard InChI is InChI=1S/C10H14FN3O3S/c1-18(16,17)13-7-3-6-12-10(15)8-4-2-5-9(11)14-8/h2,4-5,13H,3,6-7H2,1H3,(H,12,15). The van der Waals surface area contributed by atoms with Crippen LogP contribution in [0.4, 0.5) is 4.39 Å². The minimum atomic E-state index is -3.21. The normalized spacial score (nSPS) is 11.2. The summed E-state index contributed by atoms with van der Waals surface area (Å²) in [5.74, 6) is -1.21. The molecule has 0 aliphatic heterocycles. The van der Waals surface area contributed by atoms with E-state index >= 15 is 0 Å². The molecule has 0 saturated heterocycles. The van der Waals surface area contributed by atoms with Gasteiger partial charge >= 0.3 is 0 Å². The molecule has 0 aliphatic carbocycles. The molecule has 0 spiro atoms. The van der Waals surface area contributed by atoms with Crippen LogP contribution in [0.5, 0.6) is 0 Å². The summed E-state index contributed by atoms with van der Waals surface area (Å²) in [6.45, 7) is 0.509. The minimum Gasteiger partial charge on any atom is -0.351 e. The Labute approximate surface area is 105 Å². The largest absolute Gasteiger partial charge is 0.351 e. The van der Waals surface area contributed by atoms with E-state index < -0.39 is 21.9 Å². The molecule has 0 radical (unpaired) electrons. The quantitative estimate of drug-likeness (QED) is 0.560. The van der Waals surface area contributed by atoms with Gasteiger partial charge in [-0.15, -0.1) is 0 Å². The highest BCUT2D eigenvalue weighted by Gasteiger charge is 2.07. The molecule has 1 amide bonds. The highest BCUT2D eigenvalue weighted by atomic mass is 32.2. The molecule has 0 aromatic carbocycles. The molecule has 8 heteroatoms. The first-order valence-corrected chi connectivity index (χ1v) is 7.13. The lowest BCUT2D eigenvalue weighted by Gasteiger charge is -2.05. The third kappa shape index (κ3) is 5.69. The number of hydrogen-bond donors (Lipinski definition) is 2.